The van der Waals surface area contributed by atoms with Crippen LogP contribution < -0.4 is 19.5 Å². The van der Waals surface area contributed by atoms with Gasteiger partial charge in [0.05, 0.1) is 19.2 Å². The van der Waals surface area contributed by atoms with Crippen molar-refractivity contribution in [1.82, 2.24) is 9.88 Å². The number of nitrogens with one attached hydrogen (secondary N) is 1. The van der Waals surface area contributed by atoms with Crippen LogP contribution in [0.2, 0.25) is 0 Å². The normalized spacial score (nSPS) is 12.2. The number of amides is 2. The zero-order chi connectivity index (χ0) is 25.1. The number of ether oxygens (including phenoxy) is 3. The number of para-hydroxylation sites is 1. The molecule has 0 spiro atoms. The van der Waals surface area contributed by atoms with E-state index in [0.29, 0.717) is 34.7 Å². The molecule has 0 unspecified atom stereocenters. The van der Waals surface area contributed by atoms with Crippen LogP contribution in [-0.4, -0.2) is 41.9 Å². The summed E-state index contributed by atoms with van der Waals surface area (Å²) in [5.41, 5.74) is 2.16. The SMILES string of the molecule is COc1ccc(C(=O)NCC(=O)N=Nc2c(O)n(Cc3ccc4c(c3)OCO4)c3ccccc23)cc1. The van der Waals surface area contributed by atoms with Gasteiger partial charge in [-0.15, -0.1) is 10.2 Å². The molecule has 0 bridgehead atoms. The fraction of sp³-hybridized carbons (Fsp3) is 0.154. The van der Waals surface area contributed by atoms with E-state index in [2.05, 4.69) is 15.5 Å². The number of nitrogens with zero attached hydrogens (tertiary/aromatic N) is 3. The van der Waals surface area contributed by atoms with E-state index in [0.717, 1.165) is 11.1 Å². The number of hydrogen-bond acceptors (Lipinski definition) is 7. The molecule has 1 aromatic heterocycles. The van der Waals surface area contributed by atoms with Crippen LogP contribution in [0.15, 0.2) is 77.0 Å². The van der Waals surface area contributed by atoms with Crippen molar-refractivity contribution in [2.75, 3.05) is 20.4 Å². The standard InChI is InChI=1S/C26H22N4O6/c1-34-18-9-7-17(8-10-18)25(32)27-13-23(31)28-29-24-19-4-2-3-5-20(19)30(26(24)33)14-16-6-11-21-22(12-16)36-15-35-21/h2-12,33H,13-15H2,1H3,(H,27,32). The Bertz CT molecular complexity index is 1480. The number of azo groups is 1. The minimum atomic E-state index is -0.663. The molecule has 10 heteroatoms. The molecule has 4 aromatic rings. The predicted octanol–water partition coefficient (Wildman–Crippen LogP) is 4.17. The molecule has 2 heterocycles. The Labute approximate surface area is 205 Å². The Morgan fingerprint density at radius 3 is 2.64 bits per heavy atom. The molecule has 3 aromatic carbocycles. The zero-order valence-corrected chi connectivity index (χ0v) is 19.3. The molecule has 36 heavy (non-hydrogen) atoms. The average Bonchev–Trinajstić information content (AvgIpc) is 3.48. The molecular weight excluding hydrogens is 464 g/mol. The minimum Gasteiger partial charge on any atom is -0.497 e. The quantitative estimate of drug-likeness (QED) is 0.378. The third kappa shape index (κ3) is 4.56. The van der Waals surface area contributed by atoms with E-state index >= 15 is 0 Å². The lowest BCUT2D eigenvalue weighted by atomic mass is 10.2. The first kappa shape index (κ1) is 22.9. The third-order valence-corrected chi connectivity index (χ3v) is 5.71. The molecule has 0 saturated heterocycles. The summed E-state index contributed by atoms with van der Waals surface area (Å²) in [6.07, 6.45) is 0. The summed E-state index contributed by atoms with van der Waals surface area (Å²) in [7, 11) is 1.53. The second-order valence-corrected chi connectivity index (χ2v) is 7.97. The Kier molecular flexibility index (Phi) is 6.23. The molecule has 0 atom stereocenters. The number of aromatic hydroxyl groups is 1. The van der Waals surface area contributed by atoms with Crippen LogP contribution in [0, 0.1) is 0 Å². The molecule has 182 valence electrons. The molecule has 0 aliphatic carbocycles. The van der Waals surface area contributed by atoms with Gasteiger partial charge in [-0.2, -0.15) is 0 Å². The number of benzene rings is 3. The molecule has 5 rings (SSSR count). The lowest BCUT2D eigenvalue weighted by molar-refractivity contribution is -0.117. The molecular formula is C26H22N4O6. The average molecular weight is 486 g/mol. The predicted molar refractivity (Wildman–Crippen MR) is 130 cm³/mol. The van der Waals surface area contributed by atoms with Gasteiger partial charge in [0.25, 0.3) is 11.8 Å². The van der Waals surface area contributed by atoms with Gasteiger partial charge >= 0.3 is 0 Å². The first-order chi connectivity index (χ1) is 17.5. The number of carbonyl (C=O) groups excluding carboxylic acids is 2. The van der Waals surface area contributed by atoms with E-state index in [1.807, 2.05) is 36.4 Å². The number of methoxy groups -OCH3 is 1. The van der Waals surface area contributed by atoms with Gasteiger partial charge in [-0.3, -0.25) is 9.59 Å². The lowest BCUT2D eigenvalue weighted by Crippen LogP contribution is -2.28. The first-order valence-electron chi connectivity index (χ1n) is 11.1. The maximum atomic E-state index is 12.3. The second kappa shape index (κ2) is 9.79. The third-order valence-electron chi connectivity index (χ3n) is 5.71. The number of rotatable bonds is 7. The number of hydrogen-bond donors (Lipinski definition) is 2. The highest BCUT2D eigenvalue weighted by molar-refractivity contribution is 5.97. The molecule has 1 aliphatic heterocycles. The van der Waals surface area contributed by atoms with E-state index < -0.39 is 11.8 Å². The van der Waals surface area contributed by atoms with E-state index in [4.69, 9.17) is 14.2 Å². The zero-order valence-electron chi connectivity index (χ0n) is 19.3. The molecule has 10 nitrogen and oxygen atoms in total. The van der Waals surface area contributed by atoms with Crippen molar-refractivity contribution in [2.45, 2.75) is 6.54 Å². The molecule has 0 saturated carbocycles. The van der Waals surface area contributed by atoms with E-state index in [9.17, 15) is 14.7 Å². The number of fused-ring (bicyclic) bond motifs is 2. The highest BCUT2D eigenvalue weighted by Gasteiger charge is 2.19. The fourth-order valence-corrected chi connectivity index (χ4v) is 3.89. The van der Waals surface area contributed by atoms with Crippen molar-refractivity contribution in [3.05, 3.63) is 77.9 Å². The van der Waals surface area contributed by atoms with Gasteiger partial charge in [-0.05, 0) is 48.0 Å². The van der Waals surface area contributed by atoms with Gasteiger partial charge in [0.1, 0.15) is 12.3 Å². The summed E-state index contributed by atoms with van der Waals surface area (Å²) >= 11 is 0. The molecule has 2 amide bonds. The Morgan fingerprint density at radius 2 is 1.83 bits per heavy atom. The van der Waals surface area contributed by atoms with Crippen molar-refractivity contribution < 1.29 is 28.9 Å². The van der Waals surface area contributed by atoms with Crippen LogP contribution in [0.25, 0.3) is 10.9 Å². The first-order valence-corrected chi connectivity index (χ1v) is 11.1. The van der Waals surface area contributed by atoms with Crippen LogP contribution >= 0.6 is 0 Å². The van der Waals surface area contributed by atoms with Crippen molar-refractivity contribution in [2.24, 2.45) is 10.2 Å². The highest BCUT2D eigenvalue weighted by atomic mass is 16.7. The molecule has 0 radical (unpaired) electrons. The largest absolute Gasteiger partial charge is 0.497 e. The number of carbonyl (C=O) groups is 2. The summed E-state index contributed by atoms with van der Waals surface area (Å²) in [4.78, 5) is 24.6. The van der Waals surface area contributed by atoms with Gasteiger partial charge in [0.2, 0.25) is 12.7 Å². The van der Waals surface area contributed by atoms with Crippen molar-refractivity contribution in [1.29, 1.82) is 0 Å². The molecule has 1 aliphatic rings. The molecule has 2 N–H and O–H groups in total. The maximum Gasteiger partial charge on any atom is 0.283 e. The van der Waals surface area contributed by atoms with Gasteiger partial charge in [-0.1, -0.05) is 24.3 Å². The highest BCUT2D eigenvalue weighted by Crippen LogP contribution is 2.40. The topological polar surface area (TPSA) is 124 Å². The fourth-order valence-electron chi connectivity index (χ4n) is 3.89. The minimum absolute atomic E-state index is 0.132. The summed E-state index contributed by atoms with van der Waals surface area (Å²) in [5, 5.41) is 21.8. The summed E-state index contributed by atoms with van der Waals surface area (Å²) in [6, 6.07) is 19.3. The van der Waals surface area contributed by atoms with Crippen LogP contribution in [0.1, 0.15) is 15.9 Å². The Hall–Kier alpha value is -4.86. The Balaban J connectivity index is 1.31. The Morgan fingerprint density at radius 1 is 1.06 bits per heavy atom. The van der Waals surface area contributed by atoms with Crippen molar-refractivity contribution in [3.63, 3.8) is 0 Å². The second-order valence-electron chi connectivity index (χ2n) is 7.97. The summed E-state index contributed by atoms with van der Waals surface area (Å²) < 4.78 is 17.5. The van der Waals surface area contributed by atoms with Crippen LogP contribution in [0.4, 0.5) is 5.69 Å². The molecule has 0 fully saturated rings. The van der Waals surface area contributed by atoms with Crippen LogP contribution in [-0.2, 0) is 11.3 Å². The monoisotopic (exact) mass is 486 g/mol. The van der Waals surface area contributed by atoms with Crippen molar-refractivity contribution in [3.8, 4) is 23.1 Å². The smallest absolute Gasteiger partial charge is 0.283 e. The maximum absolute atomic E-state index is 12.3. The van der Waals surface area contributed by atoms with Crippen LogP contribution in [0.5, 0.6) is 23.1 Å². The van der Waals surface area contributed by atoms with Crippen LogP contribution in [0.3, 0.4) is 0 Å². The van der Waals surface area contributed by atoms with E-state index in [-0.39, 0.29) is 24.9 Å². The van der Waals surface area contributed by atoms with Gasteiger partial charge in [-0.25, -0.2) is 0 Å². The van der Waals surface area contributed by atoms with Crippen molar-refractivity contribution >= 4 is 28.4 Å². The van der Waals surface area contributed by atoms with Gasteiger partial charge in [0, 0.05) is 10.9 Å². The summed E-state index contributed by atoms with van der Waals surface area (Å²) in [5.74, 6) is 0.716. The summed E-state index contributed by atoms with van der Waals surface area (Å²) in [6.45, 7) is 0.172. The van der Waals surface area contributed by atoms with E-state index in [1.165, 1.54) is 7.11 Å². The van der Waals surface area contributed by atoms with E-state index in [1.54, 1.807) is 34.9 Å². The van der Waals surface area contributed by atoms with Gasteiger partial charge in [0.15, 0.2) is 17.2 Å². The van der Waals surface area contributed by atoms with Gasteiger partial charge < -0.3 is 29.2 Å². The number of aromatic nitrogens is 1. The lowest BCUT2D eigenvalue weighted by Gasteiger charge is -2.08.